The summed E-state index contributed by atoms with van der Waals surface area (Å²) < 4.78 is 23.9. The summed E-state index contributed by atoms with van der Waals surface area (Å²) in [5.74, 6) is -2.77. The van der Waals surface area contributed by atoms with Crippen molar-refractivity contribution in [2.45, 2.75) is 0 Å². The molecule has 0 unspecified atom stereocenters. The molecule has 10 heavy (non-hydrogen) atoms. The fourth-order valence-electron chi connectivity index (χ4n) is 0.405. The SMILES string of the molecule is O.Oc1ccc(F)nc1F. The highest BCUT2D eigenvalue weighted by atomic mass is 19.1. The Morgan fingerprint density at radius 1 is 1.30 bits per heavy atom. The third-order valence-electron chi connectivity index (χ3n) is 0.795. The molecular weight excluding hydrogens is 144 g/mol. The molecule has 1 aromatic rings. The molecule has 0 amide bonds. The second kappa shape index (κ2) is 3.07. The zero-order valence-corrected chi connectivity index (χ0v) is 4.81. The van der Waals surface area contributed by atoms with Gasteiger partial charge in [0.25, 0.3) is 5.95 Å². The highest BCUT2D eigenvalue weighted by Crippen LogP contribution is 2.10. The van der Waals surface area contributed by atoms with Gasteiger partial charge in [-0.3, -0.25) is 0 Å². The number of aromatic hydroxyl groups is 1. The van der Waals surface area contributed by atoms with Gasteiger partial charge in [0.2, 0.25) is 5.95 Å². The smallest absolute Gasteiger partial charge is 0.257 e. The topological polar surface area (TPSA) is 64.6 Å². The predicted molar refractivity (Wildman–Crippen MR) is 29.4 cm³/mol. The molecule has 0 saturated carbocycles. The van der Waals surface area contributed by atoms with E-state index in [1.54, 1.807) is 0 Å². The maximum absolute atomic E-state index is 12.0. The van der Waals surface area contributed by atoms with Crippen LogP contribution >= 0.6 is 0 Å². The van der Waals surface area contributed by atoms with Crippen molar-refractivity contribution in [3.05, 3.63) is 24.0 Å². The van der Waals surface area contributed by atoms with Gasteiger partial charge in [0.1, 0.15) is 0 Å². The molecule has 0 bridgehead atoms. The van der Waals surface area contributed by atoms with Crippen LogP contribution in [0.2, 0.25) is 0 Å². The maximum atomic E-state index is 12.0. The van der Waals surface area contributed by atoms with E-state index in [1.807, 2.05) is 0 Å². The minimum Gasteiger partial charge on any atom is -0.504 e. The lowest BCUT2D eigenvalue weighted by Gasteiger charge is -1.90. The Bertz CT molecular complexity index is 229. The van der Waals surface area contributed by atoms with Crippen molar-refractivity contribution in [1.82, 2.24) is 4.98 Å². The van der Waals surface area contributed by atoms with Crippen LogP contribution in [0.3, 0.4) is 0 Å². The van der Waals surface area contributed by atoms with E-state index in [1.165, 1.54) is 0 Å². The molecule has 0 fully saturated rings. The number of hydrogen-bond acceptors (Lipinski definition) is 2. The summed E-state index contributed by atoms with van der Waals surface area (Å²) in [6.07, 6.45) is 0. The van der Waals surface area contributed by atoms with Gasteiger partial charge in [0.15, 0.2) is 5.75 Å². The number of halogens is 2. The van der Waals surface area contributed by atoms with E-state index in [0.717, 1.165) is 12.1 Å². The van der Waals surface area contributed by atoms with Gasteiger partial charge in [-0.2, -0.15) is 13.8 Å². The van der Waals surface area contributed by atoms with Crippen LogP contribution in [0.25, 0.3) is 0 Å². The highest BCUT2D eigenvalue weighted by Gasteiger charge is 2.00. The first-order valence-corrected chi connectivity index (χ1v) is 2.21. The zero-order chi connectivity index (χ0) is 6.85. The van der Waals surface area contributed by atoms with Crippen molar-refractivity contribution >= 4 is 0 Å². The van der Waals surface area contributed by atoms with Gasteiger partial charge in [-0.05, 0) is 12.1 Å². The summed E-state index contributed by atoms with van der Waals surface area (Å²) in [4.78, 5) is 2.69. The number of rotatable bonds is 0. The normalized spacial score (nSPS) is 8.60. The summed E-state index contributed by atoms with van der Waals surface area (Å²) in [5, 5.41) is 8.44. The summed E-state index contributed by atoms with van der Waals surface area (Å²) in [5.41, 5.74) is 0. The number of nitrogens with zero attached hydrogens (tertiary/aromatic N) is 1. The molecular formula is C5H5F2NO2. The first-order chi connectivity index (χ1) is 4.20. The number of aromatic nitrogens is 1. The first kappa shape index (κ1) is 8.77. The van der Waals surface area contributed by atoms with Crippen molar-refractivity contribution in [2.24, 2.45) is 0 Å². The Morgan fingerprint density at radius 2 is 1.90 bits per heavy atom. The van der Waals surface area contributed by atoms with Crippen LogP contribution in [0.5, 0.6) is 5.75 Å². The lowest BCUT2D eigenvalue weighted by atomic mass is 10.4. The van der Waals surface area contributed by atoms with Crippen molar-refractivity contribution < 1.29 is 19.4 Å². The van der Waals surface area contributed by atoms with E-state index in [-0.39, 0.29) is 5.48 Å². The van der Waals surface area contributed by atoms with E-state index in [9.17, 15) is 8.78 Å². The first-order valence-electron chi connectivity index (χ1n) is 2.21. The average molecular weight is 149 g/mol. The van der Waals surface area contributed by atoms with Gasteiger partial charge in [-0.15, -0.1) is 0 Å². The van der Waals surface area contributed by atoms with E-state index >= 15 is 0 Å². The largest absolute Gasteiger partial charge is 0.504 e. The van der Waals surface area contributed by atoms with Crippen LogP contribution in [0, 0.1) is 11.9 Å². The van der Waals surface area contributed by atoms with Crippen molar-refractivity contribution in [3.8, 4) is 5.75 Å². The van der Waals surface area contributed by atoms with Crippen LogP contribution in [-0.2, 0) is 0 Å². The van der Waals surface area contributed by atoms with Crippen molar-refractivity contribution in [2.75, 3.05) is 0 Å². The van der Waals surface area contributed by atoms with Gasteiger partial charge >= 0.3 is 0 Å². The van der Waals surface area contributed by atoms with E-state index < -0.39 is 17.6 Å². The summed E-state index contributed by atoms with van der Waals surface area (Å²) in [7, 11) is 0. The maximum Gasteiger partial charge on any atom is 0.257 e. The zero-order valence-electron chi connectivity index (χ0n) is 4.81. The molecule has 3 nitrogen and oxygen atoms in total. The molecule has 1 aromatic heterocycles. The average Bonchev–Trinajstić information content (AvgIpc) is 1.80. The van der Waals surface area contributed by atoms with Crippen LogP contribution in [0.1, 0.15) is 0 Å². The monoisotopic (exact) mass is 149 g/mol. The molecule has 3 N–H and O–H groups in total. The molecule has 1 rings (SSSR count). The third-order valence-corrected chi connectivity index (χ3v) is 0.795. The van der Waals surface area contributed by atoms with Crippen LogP contribution in [-0.4, -0.2) is 15.6 Å². The highest BCUT2D eigenvalue weighted by molar-refractivity contribution is 5.15. The fourth-order valence-corrected chi connectivity index (χ4v) is 0.405. The van der Waals surface area contributed by atoms with Gasteiger partial charge in [0.05, 0.1) is 0 Å². The quantitative estimate of drug-likeness (QED) is 0.537. The van der Waals surface area contributed by atoms with Crippen LogP contribution < -0.4 is 0 Å². The summed E-state index contributed by atoms with van der Waals surface area (Å²) in [6.45, 7) is 0. The van der Waals surface area contributed by atoms with E-state index in [0.29, 0.717) is 0 Å². The molecule has 0 radical (unpaired) electrons. The second-order valence-corrected chi connectivity index (χ2v) is 1.44. The molecule has 0 atom stereocenters. The Kier molecular flexibility index (Phi) is 2.69. The van der Waals surface area contributed by atoms with Gasteiger partial charge < -0.3 is 10.6 Å². The van der Waals surface area contributed by atoms with Crippen LogP contribution in [0.4, 0.5) is 8.78 Å². The standard InChI is InChI=1S/C5H3F2NO.H2O/c6-4-2-1-3(9)5(7)8-4;/h1-2,9H;1H2. The van der Waals surface area contributed by atoms with Gasteiger partial charge in [-0.25, -0.2) is 0 Å². The van der Waals surface area contributed by atoms with Gasteiger partial charge in [0, 0.05) is 0 Å². The van der Waals surface area contributed by atoms with Crippen molar-refractivity contribution in [3.63, 3.8) is 0 Å². The molecule has 0 aromatic carbocycles. The lowest BCUT2D eigenvalue weighted by Crippen LogP contribution is -1.86. The minimum atomic E-state index is -1.19. The molecule has 0 spiro atoms. The molecule has 5 heteroatoms. The molecule has 56 valence electrons. The predicted octanol–water partition coefficient (Wildman–Crippen LogP) is 0.241. The number of pyridine rings is 1. The van der Waals surface area contributed by atoms with Crippen LogP contribution in [0.15, 0.2) is 12.1 Å². The molecule has 0 aliphatic rings. The Balaban J connectivity index is 0.000000810. The minimum absolute atomic E-state index is 0. The van der Waals surface area contributed by atoms with E-state index in [2.05, 4.69) is 4.98 Å². The molecule has 0 aliphatic carbocycles. The molecule has 0 saturated heterocycles. The molecule has 1 heterocycles. The van der Waals surface area contributed by atoms with E-state index in [4.69, 9.17) is 5.11 Å². The lowest BCUT2D eigenvalue weighted by molar-refractivity contribution is 0.405. The fraction of sp³-hybridized carbons (Fsp3) is 0. The second-order valence-electron chi connectivity index (χ2n) is 1.44. The summed E-state index contributed by atoms with van der Waals surface area (Å²) >= 11 is 0. The van der Waals surface area contributed by atoms with Crippen molar-refractivity contribution in [1.29, 1.82) is 0 Å². The Hall–Kier alpha value is -1.23. The third kappa shape index (κ3) is 1.63. The number of hydrogen-bond donors (Lipinski definition) is 1. The summed E-state index contributed by atoms with van der Waals surface area (Å²) in [6, 6.07) is 1.77. The Morgan fingerprint density at radius 3 is 2.30 bits per heavy atom. The molecule has 0 aliphatic heterocycles. The Labute approximate surface area is 55.3 Å². The van der Waals surface area contributed by atoms with Gasteiger partial charge in [-0.1, -0.05) is 0 Å².